The van der Waals surface area contributed by atoms with Gasteiger partial charge in [0.25, 0.3) is 0 Å². The van der Waals surface area contributed by atoms with Gasteiger partial charge in [-0.3, -0.25) is 19.2 Å². The molecule has 1 aromatic rings. The quantitative estimate of drug-likeness (QED) is 0.225. The lowest BCUT2D eigenvalue weighted by Gasteiger charge is -2.23. The summed E-state index contributed by atoms with van der Waals surface area (Å²) in [5.41, 5.74) is -3.61. The van der Waals surface area contributed by atoms with Crippen LogP contribution in [0.25, 0.3) is 0 Å². The summed E-state index contributed by atoms with van der Waals surface area (Å²) in [4.78, 5) is 74.3. The number of aliphatic carboxylic acids is 4. The maximum atomic E-state index is 10.9. The van der Waals surface area contributed by atoms with E-state index in [1.54, 1.807) is 0 Å². The van der Waals surface area contributed by atoms with E-state index >= 15 is 0 Å². The van der Waals surface area contributed by atoms with E-state index in [2.05, 4.69) is 0 Å². The summed E-state index contributed by atoms with van der Waals surface area (Å²) in [5, 5.41) is 60.4. The number of hydrogen-bond acceptors (Lipinski definition) is 7. The molecule has 0 heterocycles. The van der Waals surface area contributed by atoms with Crippen molar-refractivity contribution in [3.05, 3.63) is 34.9 Å². The highest BCUT2D eigenvalue weighted by molar-refractivity contribution is 6.03. The molecule has 0 amide bonds. The second-order valence-corrected chi connectivity index (χ2v) is 6.16. The van der Waals surface area contributed by atoms with E-state index in [1.165, 1.54) is 0 Å². The first kappa shape index (κ1) is 27.5. The Balaban J connectivity index is 0.000000604. The molecule has 0 aliphatic rings. The topological polar surface area (TPSA) is 261 Å². The minimum absolute atomic E-state index is 0.266. The Hall–Kier alpha value is -4.49. The minimum atomic E-state index is -2.36. The van der Waals surface area contributed by atoms with Gasteiger partial charge in [0.05, 0.1) is 16.7 Å². The average Bonchev–Trinajstić information content (AvgIpc) is 2.67. The van der Waals surface area contributed by atoms with Crippen molar-refractivity contribution in [1.82, 2.24) is 0 Å². The number of carbonyl (C=O) groups is 7. The van der Waals surface area contributed by atoms with E-state index in [0.29, 0.717) is 0 Å². The first-order valence-electron chi connectivity index (χ1n) is 8.40. The molecule has 0 unspecified atom stereocenters. The van der Waals surface area contributed by atoms with Gasteiger partial charge >= 0.3 is 41.8 Å². The predicted octanol–water partition coefficient (Wildman–Crippen LogP) is 0.653. The molecule has 0 saturated heterocycles. The maximum absolute atomic E-state index is 10.9. The van der Waals surface area contributed by atoms with Gasteiger partial charge in [-0.15, -0.1) is 0 Å². The van der Waals surface area contributed by atoms with Crippen molar-refractivity contribution in [2.24, 2.45) is 5.41 Å². The number of aromatic carboxylic acids is 3. The molecule has 0 fully saturated rings. The van der Waals surface area contributed by atoms with Gasteiger partial charge in [0.2, 0.25) is 0 Å². The normalized spacial score (nSPS) is 10.2. The SMILES string of the molecule is O=C(O)CCC(CCC(=O)O)(C(=O)O)C(=O)O.O=C(O)c1ccc(C(=O)O)c(C(=O)O)c1. The summed E-state index contributed by atoms with van der Waals surface area (Å²) in [6.45, 7) is 0. The maximum Gasteiger partial charge on any atom is 0.336 e. The van der Waals surface area contributed by atoms with Gasteiger partial charge in [-0.25, -0.2) is 14.4 Å². The Morgan fingerprint density at radius 1 is 0.594 bits per heavy atom. The Bertz CT molecular complexity index is 911. The summed E-state index contributed by atoms with van der Waals surface area (Å²) in [7, 11) is 0. The van der Waals surface area contributed by atoms with Crippen LogP contribution in [0.5, 0.6) is 0 Å². The third-order valence-corrected chi connectivity index (χ3v) is 4.08. The standard InChI is InChI=1S/C9H12O8.C9H6O6/c10-5(11)1-3-9(7(14)15,8(16)17)4-2-6(12)13;10-7(11)4-1-2-5(8(12)13)6(3-4)9(14)15/h1-4H2,(H,10,11)(H,12,13)(H,14,15)(H,16,17);1-3H,(H,10,11)(H,12,13)(H,14,15). The van der Waals surface area contributed by atoms with E-state index in [9.17, 15) is 33.6 Å². The largest absolute Gasteiger partial charge is 0.481 e. The fourth-order valence-corrected chi connectivity index (χ4v) is 2.33. The van der Waals surface area contributed by atoms with Crippen molar-refractivity contribution in [1.29, 1.82) is 0 Å². The van der Waals surface area contributed by atoms with Gasteiger partial charge in [-0.05, 0) is 31.0 Å². The number of benzene rings is 1. The van der Waals surface area contributed by atoms with Crippen molar-refractivity contribution in [3.63, 3.8) is 0 Å². The van der Waals surface area contributed by atoms with Crippen LogP contribution in [0, 0.1) is 5.41 Å². The fraction of sp³-hybridized carbons (Fsp3) is 0.278. The number of hydrogen-bond donors (Lipinski definition) is 7. The lowest BCUT2D eigenvalue weighted by Crippen LogP contribution is -2.40. The molecule has 0 saturated carbocycles. The molecule has 0 radical (unpaired) electrons. The van der Waals surface area contributed by atoms with Gasteiger partial charge in [0.15, 0.2) is 5.41 Å². The molecule has 14 heteroatoms. The molecule has 1 aromatic carbocycles. The molecule has 0 aliphatic heterocycles. The molecule has 1 rings (SSSR count). The molecule has 0 spiro atoms. The first-order valence-corrected chi connectivity index (χ1v) is 8.40. The minimum Gasteiger partial charge on any atom is -0.481 e. The first-order chi connectivity index (χ1) is 14.7. The number of rotatable bonds is 11. The summed E-state index contributed by atoms with van der Waals surface area (Å²) in [6, 6.07) is 2.81. The third kappa shape index (κ3) is 7.74. The second-order valence-electron chi connectivity index (χ2n) is 6.16. The van der Waals surface area contributed by atoms with Crippen LogP contribution >= 0.6 is 0 Å². The van der Waals surface area contributed by atoms with Crippen LogP contribution in [0.3, 0.4) is 0 Å². The van der Waals surface area contributed by atoms with Gasteiger partial charge in [-0.1, -0.05) is 0 Å². The van der Waals surface area contributed by atoms with E-state index < -0.39 is 84.0 Å². The smallest absolute Gasteiger partial charge is 0.336 e. The van der Waals surface area contributed by atoms with E-state index in [4.69, 9.17) is 35.7 Å². The van der Waals surface area contributed by atoms with Crippen molar-refractivity contribution < 1.29 is 69.3 Å². The summed E-state index contributed by atoms with van der Waals surface area (Å²) in [6.07, 6.45) is -2.61. The zero-order chi connectivity index (χ0) is 25.2. The number of carboxylic acids is 7. The van der Waals surface area contributed by atoms with E-state index in [0.717, 1.165) is 18.2 Å². The van der Waals surface area contributed by atoms with Crippen LogP contribution < -0.4 is 0 Å². The molecule has 7 N–H and O–H groups in total. The van der Waals surface area contributed by atoms with Crippen LogP contribution in [-0.4, -0.2) is 77.5 Å². The molecule has 32 heavy (non-hydrogen) atoms. The molecule has 14 nitrogen and oxygen atoms in total. The van der Waals surface area contributed by atoms with E-state index in [1.807, 2.05) is 0 Å². The Morgan fingerprint density at radius 2 is 1.00 bits per heavy atom. The summed E-state index contributed by atoms with van der Waals surface area (Å²) in [5.74, 6) is -10.3. The van der Waals surface area contributed by atoms with Gasteiger partial charge in [-0.2, -0.15) is 0 Å². The van der Waals surface area contributed by atoms with Crippen LogP contribution in [0.4, 0.5) is 0 Å². The molecule has 0 bridgehead atoms. The second kappa shape index (κ2) is 11.6. The molecular weight excluding hydrogens is 440 g/mol. The zero-order valence-corrected chi connectivity index (χ0v) is 16.0. The lowest BCUT2D eigenvalue weighted by atomic mass is 9.79. The van der Waals surface area contributed by atoms with Gasteiger partial charge in [0, 0.05) is 12.8 Å². The van der Waals surface area contributed by atoms with Gasteiger partial charge in [0.1, 0.15) is 0 Å². The fourth-order valence-electron chi connectivity index (χ4n) is 2.33. The Morgan fingerprint density at radius 3 is 1.28 bits per heavy atom. The van der Waals surface area contributed by atoms with Crippen LogP contribution in [0.15, 0.2) is 18.2 Å². The molecule has 0 aromatic heterocycles. The van der Waals surface area contributed by atoms with Crippen molar-refractivity contribution in [2.45, 2.75) is 25.7 Å². The summed E-state index contributed by atoms with van der Waals surface area (Å²) >= 11 is 0. The highest BCUT2D eigenvalue weighted by Gasteiger charge is 2.46. The van der Waals surface area contributed by atoms with Crippen molar-refractivity contribution >= 4 is 41.8 Å². The molecule has 0 atom stereocenters. The van der Waals surface area contributed by atoms with Crippen LogP contribution in [0.1, 0.15) is 56.8 Å². The van der Waals surface area contributed by atoms with Crippen LogP contribution in [-0.2, 0) is 19.2 Å². The number of carboxylic acid groups (broad SMARTS) is 7. The third-order valence-electron chi connectivity index (χ3n) is 4.08. The average molecular weight is 458 g/mol. The van der Waals surface area contributed by atoms with Crippen molar-refractivity contribution in [3.8, 4) is 0 Å². The summed E-state index contributed by atoms with van der Waals surface area (Å²) < 4.78 is 0. The van der Waals surface area contributed by atoms with Gasteiger partial charge < -0.3 is 35.7 Å². The Kier molecular flexibility index (Phi) is 10.0. The Labute approximate surface area is 178 Å². The molecular formula is C18H18O14. The molecule has 174 valence electrons. The molecule has 0 aliphatic carbocycles. The lowest BCUT2D eigenvalue weighted by molar-refractivity contribution is -0.166. The van der Waals surface area contributed by atoms with E-state index in [-0.39, 0.29) is 5.56 Å². The zero-order valence-electron chi connectivity index (χ0n) is 16.0. The highest BCUT2D eigenvalue weighted by atomic mass is 16.4. The monoisotopic (exact) mass is 458 g/mol. The van der Waals surface area contributed by atoms with Crippen LogP contribution in [0.2, 0.25) is 0 Å². The highest BCUT2D eigenvalue weighted by Crippen LogP contribution is 2.31. The van der Waals surface area contributed by atoms with Crippen molar-refractivity contribution in [2.75, 3.05) is 0 Å². The predicted molar refractivity (Wildman–Crippen MR) is 98.8 cm³/mol.